The van der Waals surface area contributed by atoms with Crippen molar-refractivity contribution in [1.82, 2.24) is 10.6 Å². The molecule has 0 aliphatic carbocycles. The van der Waals surface area contributed by atoms with Crippen molar-refractivity contribution in [3.63, 3.8) is 0 Å². The highest BCUT2D eigenvalue weighted by Crippen LogP contribution is 2.29. The van der Waals surface area contributed by atoms with Crippen molar-refractivity contribution in [3.05, 3.63) is 0 Å². The van der Waals surface area contributed by atoms with Crippen molar-refractivity contribution in [2.24, 2.45) is 10.4 Å². The highest BCUT2D eigenvalue weighted by atomic mass is 127. The van der Waals surface area contributed by atoms with Crippen LogP contribution in [0.4, 0.5) is 0 Å². The van der Waals surface area contributed by atoms with E-state index in [1.165, 1.54) is 19.3 Å². The summed E-state index contributed by atoms with van der Waals surface area (Å²) >= 11 is 0. The maximum absolute atomic E-state index is 4.43. The van der Waals surface area contributed by atoms with Crippen LogP contribution in [0.5, 0.6) is 0 Å². The van der Waals surface area contributed by atoms with E-state index in [-0.39, 0.29) is 24.0 Å². The van der Waals surface area contributed by atoms with Crippen LogP contribution in [0.3, 0.4) is 0 Å². The molecule has 4 heteroatoms. The van der Waals surface area contributed by atoms with E-state index in [1.54, 1.807) is 0 Å². The van der Waals surface area contributed by atoms with Crippen molar-refractivity contribution < 1.29 is 0 Å². The van der Waals surface area contributed by atoms with E-state index in [9.17, 15) is 0 Å². The molecule has 2 N–H and O–H groups in total. The molecule has 0 bridgehead atoms. The SMILES string of the molecule is CCC(CC)(CC)CNC1=NCCCN1.I. The molecule has 0 saturated heterocycles. The normalized spacial score (nSPS) is 15.8. The van der Waals surface area contributed by atoms with Crippen molar-refractivity contribution in [2.75, 3.05) is 19.6 Å². The van der Waals surface area contributed by atoms with Gasteiger partial charge in [0, 0.05) is 19.6 Å². The number of guanidine groups is 1. The zero-order valence-corrected chi connectivity index (χ0v) is 13.1. The minimum atomic E-state index is 0. The predicted molar refractivity (Wildman–Crippen MR) is 81.6 cm³/mol. The van der Waals surface area contributed by atoms with Gasteiger partial charge in [0.2, 0.25) is 0 Å². The summed E-state index contributed by atoms with van der Waals surface area (Å²) in [6.45, 7) is 9.92. The number of hydrogen-bond donors (Lipinski definition) is 2. The van der Waals surface area contributed by atoms with Crippen LogP contribution in [-0.4, -0.2) is 25.6 Å². The molecule has 0 atom stereocenters. The van der Waals surface area contributed by atoms with E-state index in [2.05, 4.69) is 36.4 Å². The van der Waals surface area contributed by atoms with E-state index < -0.39 is 0 Å². The largest absolute Gasteiger partial charge is 0.356 e. The maximum atomic E-state index is 4.43. The van der Waals surface area contributed by atoms with Gasteiger partial charge < -0.3 is 10.6 Å². The molecule has 0 aromatic heterocycles. The van der Waals surface area contributed by atoms with Crippen LogP contribution in [0.1, 0.15) is 46.5 Å². The Labute approximate surface area is 117 Å². The van der Waals surface area contributed by atoms with Crippen LogP contribution >= 0.6 is 24.0 Å². The Kier molecular flexibility index (Phi) is 8.14. The molecule has 1 aliphatic heterocycles. The van der Waals surface area contributed by atoms with Crippen molar-refractivity contribution in [2.45, 2.75) is 46.5 Å². The summed E-state index contributed by atoms with van der Waals surface area (Å²) in [5.74, 6) is 1.00. The molecule has 0 unspecified atom stereocenters. The quantitative estimate of drug-likeness (QED) is 0.756. The Hall–Kier alpha value is 0. The van der Waals surface area contributed by atoms with Gasteiger partial charge in [-0.15, -0.1) is 24.0 Å². The second-order valence-corrected chi connectivity index (χ2v) is 4.42. The summed E-state index contributed by atoms with van der Waals surface area (Å²) in [4.78, 5) is 4.43. The minimum Gasteiger partial charge on any atom is -0.356 e. The Morgan fingerprint density at radius 2 is 1.88 bits per heavy atom. The van der Waals surface area contributed by atoms with E-state index in [0.717, 1.165) is 32.0 Å². The monoisotopic (exact) mass is 339 g/mol. The smallest absolute Gasteiger partial charge is 0.191 e. The molecule has 0 radical (unpaired) electrons. The molecule has 1 heterocycles. The third-order valence-electron chi connectivity index (χ3n) is 3.78. The van der Waals surface area contributed by atoms with Crippen molar-refractivity contribution >= 4 is 29.9 Å². The van der Waals surface area contributed by atoms with Gasteiger partial charge in [0.15, 0.2) is 5.96 Å². The number of nitrogens with zero attached hydrogens (tertiary/aromatic N) is 1. The van der Waals surface area contributed by atoms with Gasteiger partial charge in [-0.1, -0.05) is 20.8 Å². The lowest BCUT2D eigenvalue weighted by Gasteiger charge is -2.31. The van der Waals surface area contributed by atoms with Gasteiger partial charge in [-0.3, -0.25) is 4.99 Å². The molecule has 0 saturated carbocycles. The molecule has 0 aromatic carbocycles. The first-order valence-corrected chi connectivity index (χ1v) is 6.28. The lowest BCUT2D eigenvalue weighted by molar-refractivity contribution is 0.250. The van der Waals surface area contributed by atoms with Gasteiger partial charge >= 0.3 is 0 Å². The molecule has 96 valence electrons. The Bertz CT molecular complexity index is 204. The zero-order chi connectivity index (χ0) is 11.1. The lowest BCUT2D eigenvalue weighted by atomic mass is 9.80. The van der Waals surface area contributed by atoms with E-state index in [1.807, 2.05) is 0 Å². The fraction of sp³-hybridized carbons (Fsp3) is 0.917. The first-order chi connectivity index (χ1) is 7.26. The van der Waals surface area contributed by atoms with Crippen LogP contribution in [0.25, 0.3) is 0 Å². The minimum absolute atomic E-state index is 0. The number of aliphatic imine (C=N–C) groups is 1. The van der Waals surface area contributed by atoms with Crippen LogP contribution in [-0.2, 0) is 0 Å². The third kappa shape index (κ3) is 4.47. The molecule has 1 rings (SSSR count). The maximum Gasteiger partial charge on any atom is 0.191 e. The summed E-state index contributed by atoms with van der Waals surface area (Å²) in [5.41, 5.74) is 0.446. The second kappa shape index (κ2) is 8.14. The van der Waals surface area contributed by atoms with Crippen LogP contribution in [0.2, 0.25) is 0 Å². The van der Waals surface area contributed by atoms with Crippen molar-refractivity contribution in [1.29, 1.82) is 0 Å². The molecule has 0 spiro atoms. The number of nitrogens with one attached hydrogen (secondary N) is 2. The Morgan fingerprint density at radius 1 is 1.25 bits per heavy atom. The summed E-state index contributed by atoms with van der Waals surface area (Å²) in [7, 11) is 0. The Balaban J connectivity index is 0.00000225. The fourth-order valence-corrected chi connectivity index (χ4v) is 2.05. The van der Waals surface area contributed by atoms with Crippen molar-refractivity contribution in [3.8, 4) is 0 Å². The summed E-state index contributed by atoms with van der Waals surface area (Å²) < 4.78 is 0. The lowest BCUT2D eigenvalue weighted by Crippen LogP contribution is -2.45. The van der Waals surface area contributed by atoms with Gasteiger partial charge in [-0.2, -0.15) is 0 Å². The highest BCUT2D eigenvalue weighted by Gasteiger charge is 2.24. The Morgan fingerprint density at radius 3 is 2.31 bits per heavy atom. The number of rotatable bonds is 5. The topological polar surface area (TPSA) is 36.4 Å². The molecular weight excluding hydrogens is 313 g/mol. The summed E-state index contributed by atoms with van der Waals surface area (Å²) in [6, 6.07) is 0. The standard InChI is InChI=1S/C12H25N3.HI/c1-4-12(5-2,6-3)10-15-11-13-8-7-9-14-11;/h4-10H2,1-3H3,(H2,13,14,15);1H. The van der Waals surface area contributed by atoms with Gasteiger partial charge in [0.25, 0.3) is 0 Å². The number of halogens is 1. The molecule has 0 amide bonds. The molecule has 0 aromatic rings. The molecular formula is C12H26IN3. The summed E-state index contributed by atoms with van der Waals surface area (Å²) in [5, 5.41) is 6.76. The van der Waals surface area contributed by atoms with Gasteiger partial charge in [0.1, 0.15) is 0 Å². The molecule has 0 fully saturated rings. The molecule has 3 nitrogen and oxygen atoms in total. The first-order valence-electron chi connectivity index (χ1n) is 6.28. The highest BCUT2D eigenvalue weighted by molar-refractivity contribution is 14.0. The van der Waals surface area contributed by atoms with Gasteiger partial charge in [-0.25, -0.2) is 0 Å². The van der Waals surface area contributed by atoms with Crippen LogP contribution in [0, 0.1) is 5.41 Å². The van der Waals surface area contributed by atoms with E-state index in [4.69, 9.17) is 0 Å². The van der Waals surface area contributed by atoms with E-state index in [0.29, 0.717) is 5.41 Å². The predicted octanol–water partition coefficient (Wildman–Crippen LogP) is 2.76. The zero-order valence-electron chi connectivity index (χ0n) is 10.8. The molecule has 1 aliphatic rings. The second-order valence-electron chi connectivity index (χ2n) is 4.42. The first kappa shape index (κ1) is 16.0. The average Bonchev–Trinajstić information content (AvgIpc) is 2.33. The fourth-order valence-electron chi connectivity index (χ4n) is 2.05. The average molecular weight is 339 g/mol. The number of hydrogen-bond acceptors (Lipinski definition) is 3. The summed E-state index contributed by atoms with van der Waals surface area (Å²) in [6.07, 6.45) is 4.87. The van der Waals surface area contributed by atoms with Gasteiger partial charge in [0.05, 0.1) is 0 Å². The molecule has 16 heavy (non-hydrogen) atoms. The third-order valence-corrected chi connectivity index (χ3v) is 3.78. The van der Waals surface area contributed by atoms with Crippen LogP contribution in [0.15, 0.2) is 4.99 Å². The van der Waals surface area contributed by atoms with E-state index >= 15 is 0 Å². The van der Waals surface area contributed by atoms with Crippen LogP contribution < -0.4 is 10.6 Å². The van der Waals surface area contributed by atoms with Gasteiger partial charge in [-0.05, 0) is 31.1 Å².